The Kier molecular flexibility index (Phi) is 5.79. The summed E-state index contributed by atoms with van der Waals surface area (Å²) in [7, 11) is -2.84. The summed E-state index contributed by atoms with van der Waals surface area (Å²) in [6.45, 7) is 12.4. The van der Waals surface area contributed by atoms with Crippen LogP contribution in [0.3, 0.4) is 0 Å². The van der Waals surface area contributed by atoms with E-state index in [1.807, 2.05) is 20.8 Å². The molecule has 0 saturated heterocycles. The molecule has 92 valence electrons. The van der Waals surface area contributed by atoms with Crippen LogP contribution in [0.2, 0.25) is 0 Å². The summed E-state index contributed by atoms with van der Waals surface area (Å²) in [5, 5.41) is 0. The molecule has 0 unspecified atom stereocenters. The minimum atomic E-state index is -2.84. The summed E-state index contributed by atoms with van der Waals surface area (Å²) in [5.41, 5.74) is -0.139. The maximum absolute atomic E-state index is 10.7. The number of hydrogen-bond donors (Lipinski definition) is 0. The van der Waals surface area contributed by atoms with E-state index in [2.05, 4.69) is 0 Å². The van der Waals surface area contributed by atoms with E-state index in [-0.39, 0.29) is 11.2 Å². The van der Waals surface area contributed by atoms with E-state index in [9.17, 15) is 13.2 Å². The number of ketones is 1. The highest BCUT2D eigenvalue weighted by Crippen LogP contribution is 2.12. The van der Waals surface area contributed by atoms with E-state index >= 15 is 0 Å². The zero-order chi connectivity index (χ0) is 13.1. The molecule has 0 spiro atoms. The molecular formula is C11H24O3S. The highest BCUT2D eigenvalue weighted by molar-refractivity contribution is 7.92. The number of carbonyl (C=O) groups is 1. The summed E-state index contributed by atoms with van der Waals surface area (Å²) in [4.78, 5) is 10.5. The normalized spacial score (nSPS) is 12.8. The van der Waals surface area contributed by atoms with Gasteiger partial charge in [-0.2, -0.15) is 0 Å². The molecule has 0 N–H and O–H groups in total. The SMILES string of the molecule is CC(=O)C(C)(C)C.CC(C)(C)S(C)(=O)=O. The lowest BCUT2D eigenvalue weighted by Crippen LogP contribution is -2.26. The van der Waals surface area contributed by atoms with Crippen molar-refractivity contribution in [3.63, 3.8) is 0 Å². The Morgan fingerprint density at radius 2 is 1.07 bits per heavy atom. The van der Waals surface area contributed by atoms with Crippen molar-refractivity contribution in [2.75, 3.05) is 6.26 Å². The summed E-state index contributed by atoms with van der Waals surface area (Å²) in [5.74, 6) is 0.243. The fraction of sp³-hybridized carbons (Fsp3) is 0.909. The molecule has 4 heteroatoms. The highest BCUT2D eigenvalue weighted by atomic mass is 32.2. The Balaban J connectivity index is 0. The van der Waals surface area contributed by atoms with Gasteiger partial charge in [0.25, 0.3) is 0 Å². The van der Waals surface area contributed by atoms with Gasteiger partial charge in [-0.15, -0.1) is 0 Å². The summed E-state index contributed by atoms with van der Waals surface area (Å²) in [6, 6.07) is 0. The first-order chi connectivity index (χ1) is 6.19. The first-order valence-corrected chi connectivity index (χ1v) is 6.79. The van der Waals surface area contributed by atoms with Gasteiger partial charge in [-0.25, -0.2) is 8.42 Å². The molecule has 0 bridgehead atoms. The van der Waals surface area contributed by atoms with Crippen LogP contribution in [0.5, 0.6) is 0 Å². The molecule has 0 radical (unpaired) electrons. The monoisotopic (exact) mass is 236 g/mol. The Bertz CT molecular complexity index is 300. The van der Waals surface area contributed by atoms with Gasteiger partial charge in [-0.1, -0.05) is 20.8 Å². The maximum atomic E-state index is 10.7. The zero-order valence-electron chi connectivity index (χ0n) is 11.1. The molecule has 0 aliphatic rings. The quantitative estimate of drug-likeness (QED) is 0.649. The molecule has 0 fully saturated rings. The molecule has 0 aromatic carbocycles. The van der Waals surface area contributed by atoms with Crippen LogP contribution in [0, 0.1) is 5.41 Å². The second-order valence-corrected chi connectivity index (χ2v) is 8.46. The smallest absolute Gasteiger partial charge is 0.152 e. The van der Waals surface area contributed by atoms with Crippen molar-refractivity contribution >= 4 is 15.6 Å². The van der Waals surface area contributed by atoms with Gasteiger partial charge < -0.3 is 0 Å². The molecule has 3 nitrogen and oxygen atoms in total. The van der Waals surface area contributed by atoms with Crippen molar-refractivity contribution in [1.82, 2.24) is 0 Å². The van der Waals surface area contributed by atoms with Gasteiger partial charge in [0.15, 0.2) is 9.84 Å². The van der Waals surface area contributed by atoms with E-state index in [0.717, 1.165) is 0 Å². The predicted molar refractivity (Wildman–Crippen MR) is 64.7 cm³/mol. The van der Waals surface area contributed by atoms with Crippen LogP contribution in [0.1, 0.15) is 48.5 Å². The van der Waals surface area contributed by atoms with Crippen LogP contribution in [-0.2, 0) is 14.6 Å². The number of carbonyl (C=O) groups excluding carboxylic acids is 1. The third-order valence-corrected chi connectivity index (χ3v) is 4.39. The number of sulfone groups is 1. The molecule has 0 atom stereocenters. The van der Waals surface area contributed by atoms with Gasteiger partial charge in [-0.05, 0) is 27.7 Å². The third-order valence-electron chi connectivity index (χ3n) is 2.17. The van der Waals surface area contributed by atoms with Gasteiger partial charge in [0, 0.05) is 11.7 Å². The van der Waals surface area contributed by atoms with Gasteiger partial charge in [-0.3, -0.25) is 4.79 Å². The van der Waals surface area contributed by atoms with Gasteiger partial charge in [0.1, 0.15) is 5.78 Å². The fourth-order valence-electron chi connectivity index (χ4n) is 0. The first-order valence-electron chi connectivity index (χ1n) is 4.90. The summed E-state index contributed by atoms with van der Waals surface area (Å²) < 4.78 is 20.7. The second-order valence-electron chi connectivity index (χ2n) is 5.69. The molecule has 0 heterocycles. The van der Waals surface area contributed by atoms with Crippen LogP contribution in [0.15, 0.2) is 0 Å². The van der Waals surface area contributed by atoms with E-state index in [0.29, 0.717) is 0 Å². The molecule has 0 rings (SSSR count). The third kappa shape index (κ3) is 8.60. The molecule has 0 aromatic rings. The molecule has 0 saturated carbocycles. The number of Topliss-reactive ketones (excluding diaryl/α,β-unsaturated/α-hetero) is 1. The highest BCUT2D eigenvalue weighted by Gasteiger charge is 2.22. The average molecular weight is 236 g/mol. The summed E-state index contributed by atoms with van der Waals surface area (Å²) >= 11 is 0. The van der Waals surface area contributed by atoms with E-state index < -0.39 is 14.6 Å². The Morgan fingerprint density at radius 3 is 1.07 bits per heavy atom. The van der Waals surface area contributed by atoms with Crippen molar-refractivity contribution in [3.8, 4) is 0 Å². The Morgan fingerprint density at radius 1 is 0.933 bits per heavy atom. The van der Waals surface area contributed by atoms with Crippen molar-refractivity contribution in [2.24, 2.45) is 5.41 Å². The molecule has 0 aliphatic heterocycles. The minimum absolute atomic E-state index is 0.139. The zero-order valence-corrected chi connectivity index (χ0v) is 11.9. The Hall–Kier alpha value is -0.380. The van der Waals surface area contributed by atoms with Crippen LogP contribution < -0.4 is 0 Å². The lowest BCUT2D eigenvalue weighted by molar-refractivity contribution is -0.124. The van der Waals surface area contributed by atoms with E-state index in [4.69, 9.17) is 0 Å². The first kappa shape index (κ1) is 17.0. The topological polar surface area (TPSA) is 51.2 Å². The summed E-state index contributed by atoms with van der Waals surface area (Å²) in [6.07, 6.45) is 1.24. The van der Waals surface area contributed by atoms with Crippen LogP contribution in [-0.4, -0.2) is 25.2 Å². The van der Waals surface area contributed by atoms with Crippen LogP contribution >= 0.6 is 0 Å². The maximum Gasteiger partial charge on any atom is 0.152 e. The fourth-order valence-corrected chi connectivity index (χ4v) is 0. The molecule has 0 aliphatic carbocycles. The van der Waals surface area contributed by atoms with E-state index in [1.54, 1.807) is 27.7 Å². The van der Waals surface area contributed by atoms with Gasteiger partial charge >= 0.3 is 0 Å². The minimum Gasteiger partial charge on any atom is -0.299 e. The van der Waals surface area contributed by atoms with Crippen molar-refractivity contribution in [2.45, 2.75) is 53.2 Å². The van der Waals surface area contributed by atoms with Crippen LogP contribution in [0.25, 0.3) is 0 Å². The molecule has 0 amide bonds. The molecule has 15 heavy (non-hydrogen) atoms. The lowest BCUT2D eigenvalue weighted by atomic mass is 9.92. The molecular weight excluding hydrogens is 212 g/mol. The van der Waals surface area contributed by atoms with Crippen LogP contribution in [0.4, 0.5) is 0 Å². The van der Waals surface area contributed by atoms with Crippen molar-refractivity contribution in [1.29, 1.82) is 0 Å². The standard InChI is InChI=1S/C6H12O.C5H12O2S/c1-5(7)6(2,3)4;1-5(2,3)8(4,6)7/h1-4H3;1-4H3. The number of rotatable bonds is 0. The van der Waals surface area contributed by atoms with Crippen molar-refractivity contribution < 1.29 is 13.2 Å². The second kappa shape index (κ2) is 5.10. The average Bonchev–Trinajstić information content (AvgIpc) is 1.80. The lowest BCUT2D eigenvalue weighted by Gasteiger charge is -2.14. The Labute approximate surface area is 94.2 Å². The van der Waals surface area contributed by atoms with Gasteiger partial charge in [0.2, 0.25) is 0 Å². The molecule has 0 aromatic heterocycles. The number of hydrogen-bond acceptors (Lipinski definition) is 3. The largest absolute Gasteiger partial charge is 0.299 e. The van der Waals surface area contributed by atoms with Crippen molar-refractivity contribution in [3.05, 3.63) is 0 Å². The van der Waals surface area contributed by atoms with E-state index in [1.165, 1.54) is 6.26 Å². The predicted octanol–water partition coefficient (Wildman–Crippen LogP) is 2.45. The van der Waals surface area contributed by atoms with Gasteiger partial charge in [0.05, 0.1) is 4.75 Å².